The van der Waals surface area contributed by atoms with E-state index in [0.29, 0.717) is 23.3 Å². The van der Waals surface area contributed by atoms with E-state index in [9.17, 15) is 28.5 Å². The zero-order valence-electron chi connectivity index (χ0n) is 22.7. The number of carboxylic acid groups (broad SMARTS) is 1. The van der Waals surface area contributed by atoms with Crippen molar-refractivity contribution in [2.24, 2.45) is 0 Å². The second-order valence-electron chi connectivity index (χ2n) is 8.95. The first-order valence-corrected chi connectivity index (χ1v) is 16.3. The number of aromatic nitrogens is 4. The van der Waals surface area contributed by atoms with Gasteiger partial charge in [0.1, 0.15) is 36.2 Å². The summed E-state index contributed by atoms with van der Waals surface area (Å²) in [5.74, 6) is -0.0876. The molecule has 240 valence electrons. The Labute approximate surface area is 250 Å². The molecule has 0 unspecified atom stereocenters. The molecule has 1 aliphatic heterocycles. The number of thioether (sulfide) groups is 1. The Morgan fingerprint density at radius 2 is 1.70 bits per heavy atom. The van der Waals surface area contributed by atoms with E-state index in [1.54, 1.807) is 23.9 Å². The first-order valence-electron chi connectivity index (χ1n) is 12.1. The number of nitrogen functional groups attached to an aromatic ring is 1. The molecule has 0 bridgehead atoms. The largest absolute Gasteiger partial charge is 0.480 e. The zero-order chi connectivity index (χ0) is 32.5. The van der Waals surface area contributed by atoms with Gasteiger partial charge in [0.15, 0.2) is 17.7 Å². The molecule has 1 aromatic carbocycles. The predicted octanol–water partition coefficient (Wildman–Crippen LogP) is -0.587. The van der Waals surface area contributed by atoms with Crippen molar-refractivity contribution < 1.29 is 55.3 Å². The summed E-state index contributed by atoms with van der Waals surface area (Å²) in [6.07, 6.45) is 0.858. The monoisotopic (exact) mass is 668 g/mol. The zero-order valence-corrected chi connectivity index (χ0v) is 25.1. The van der Waals surface area contributed by atoms with Gasteiger partial charge >= 0.3 is 16.4 Å². The molecule has 4 rings (SSSR count). The van der Waals surface area contributed by atoms with Gasteiger partial charge in [-0.25, -0.2) is 15.0 Å². The average Bonchev–Trinajstić information content (AvgIpc) is 3.45. The molecule has 21 heteroatoms. The second-order valence-corrected chi connectivity index (χ2v) is 12.2. The van der Waals surface area contributed by atoms with Gasteiger partial charge in [-0.15, -0.1) is 0 Å². The van der Waals surface area contributed by atoms with Crippen molar-refractivity contribution in [1.82, 2.24) is 24.8 Å². The van der Waals surface area contributed by atoms with E-state index in [2.05, 4.69) is 20.3 Å². The van der Waals surface area contributed by atoms with E-state index < -0.39 is 57.1 Å². The molecule has 0 radical (unpaired) electrons. The molecule has 43 heavy (non-hydrogen) atoms. The topological polar surface area (TPSA) is 298 Å². The number of nitrogens with two attached hydrogens (primary N) is 1. The number of imidazole rings is 1. The lowest BCUT2D eigenvalue weighted by atomic mass is 10.1. The molecular formula is C22H32N6O12S3. The Kier molecular flexibility index (Phi) is 13.2. The van der Waals surface area contributed by atoms with E-state index in [4.69, 9.17) is 32.5 Å². The fourth-order valence-corrected chi connectivity index (χ4v) is 4.65. The van der Waals surface area contributed by atoms with Crippen LogP contribution in [0.3, 0.4) is 0 Å². The summed E-state index contributed by atoms with van der Waals surface area (Å²) in [6.45, 7) is 1.91. The van der Waals surface area contributed by atoms with Gasteiger partial charge in [-0.3, -0.25) is 23.0 Å². The number of nitrogens with zero attached hydrogens (tertiary/aromatic N) is 4. The molecule has 0 aliphatic carbocycles. The number of fused-ring (bicyclic) bond motifs is 1. The van der Waals surface area contributed by atoms with E-state index in [0.717, 1.165) is 5.56 Å². The lowest BCUT2D eigenvalue weighted by molar-refractivity contribution is -0.139. The first kappa shape index (κ1) is 36.2. The number of ether oxygens (including phenoxy) is 1. The highest BCUT2D eigenvalue weighted by atomic mass is 32.3. The van der Waals surface area contributed by atoms with Crippen LogP contribution in [0.25, 0.3) is 11.2 Å². The van der Waals surface area contributed by atoms with Gasteiger partial charge in [0.2, 0.25) is 0 Å². The van der Waals surface area contributed by atoms with Gasteiger partial charge in [-0.05, 0) is 37.5 Å². The number of nitrogens with one attached hydrogen (secondary N) is 1. The molecule has 0 spiro atoms. The minimum atomic E-state index is -4.67. The van der Waals surface area contributed by atoms with Crippen LogP contribution in [0.15, 0.2) is 41.8 Å². The van der Waals surface area contributed by atoms with Crippen molar-refractivity contribution >= 4 is 55.2 Å². The molecule has 9 N–H and O–H groups in total. The number of anilines is 1. The number of rotatable bonds is 9. The summed E-state index contributed by atoms with van der Waals surface area (Å²) in [4.78, 5) is 23.3. The highest BCUT2D eigenvalue weighted by molar-refractivity contribution is 7.98. The van der Waals surface area contributed by atoms with Crippen LogP contribution >= 0.6 is 11.8 Å². The van der Waals surface area contributed by atoms with Crippen molar-refractivity contribution in [3.63, 3.8) is 0 Å². The molecule has 1 aliphatic rings. The van der Waals surface area contributed by atoms with Crippen molar-refractivity contribution in [2.75, 3.05) is 24.3 Å². The number of benzene rings is 1. The second kappa shape index (κ2) is 15.7. The highest BCUT2D eigenvalue weighted by Gasteiger charge is 2.44. The maximum Gasteiger partial charge on any atom is 0.394 e. The van der Waals surface area contributed by atoms with E-state index >= 15 is 0 Å². The lowest BCUT2D eigenvalue weighted by Crippen LogP contribution is -2.44. The van der Waals surface area contributed by atoms with Gasteiger partial charge in [-0.2, -0.15) is 28.6 Å². The molecule has 2 aromatic heterocycles. The van der Waals surface area contributed by atoms with Gasteiger partial charge in [0, 0.05) is 6.54 Å². The number of aliphatic hydroxyl groups is 2. The predicted molar refractivity (Wildman–Crippen MR) is 153 cm³/mol. The van der Waals surface area contributed by atoms with Gasteiger partial charge in [0.05, 0.1) is 11.2 Å². The molecule has 0 amide bonds. The molecule has 0 saturated carbocycles. The van der Waals surface area contributed by atoms with Crippen LogP contribution in [-0.2, 0) is 30.0 Å². The maximum absolute atomic E-state index is 11.3. The minimum Gasteiger partial charge on any atom is -0.480 e. The van der Waals surface area contributed by atoms with Crippen LogP contribution < -0.4 is 11.1 Å². The smallest absolute Gasteiger partial charge is 0.394 e. The van der Waals surface area contributed by atoms with Gasteiger partial charge in [0.25, 0.3) is 10.1 Å². The van der Waals surface area contributed by atoms with Crippen LogP contribution in [-0.4, -0.2) is 114 Å². The normalized spacial score (nSPS) is 20.9. The van der Waals surface area contributed by atoms with Crippen LogP contribution in [0, 0.1) is 6.92 Å². The van der Waals surface area contributed by atoms with Crippen molar-refractivity contribution in [1.29, 1.82) is 0 Å². The van der Waals surface area contributed by atoms with Gasteiger partial charge in [-0.1, -0.05) is 17.7 Å². The Bertz CT molecular complexity index is 1560. The van der Waals surface area contributed by atoms with Crippen molar-refractivity contribution in [3.05, 3.63) is 42.5 Å². The van der Waals surface area contributed by atoms with Crippen molar-refractivity contribution in [3.8, 4) is 0 Å². The van der Waals surface area contributed by atoms with E-state index in [-0.39, 0.29) is 17.3 Å². The summed E-state index contributed by atoms with van der Waals surface area (Å²) in [5, 5.41) is 32.9. The number of carboxylic acids is 1. The van der Waals surface area contributed by atoms with Crippen LogP contribution in [0.5, 0.6) is 0 Å². The first-order chi connectivity index (χ1) is 19.9. The number of aliphatic carboxylic acids is 1. The quantitative estimate of drug-likeness (QED) is 0.132. The van der Waals surface area contributed by atoms with Crippen molar-refractivity contribution in [2.45, 2.75) is 48.8 Å². The van der Waals surface area contributed by atoms with Gasteiger partial charge < -0.3 is 31.1 Å². The third-order valence-corrected chi connectivity index (χ3v) is 7.30. The Morgan fingerprint density at radius 3 is 2.23 bits per heavy atom. The van der Waals surface area contributed by atoms with Crippen LogP contribution in [0.1, 0.15) is 18.2 Å². The average molecular weight is 669 g/mol. The molecule has 5 atom stereocenters. The Balaban J connectivity index is 0.000000332. The molecular weight excluding hydrogens is 636 g/mol. The fraction of sp³-hybridized carbons (Fsp3) is 0.455. The number of hydrogen-bond acceptors (Lipinski definition) is 14. The standard InChI is InChI=1S/C15H22N6O5S.C7H8O3S.H2O4S/c1-27-3-2-7(15(24)25)17-4-8-10(22)11(23)14(26-8)21-6-20-9-12(16)18-5-19-13(9)21;1-6-2-4-7(5-3-6)11(8,9)10;1-5(2,3)4/h5-8,10-11,14,17,22-23H,2-4H2,1H3,(H,24,25)(H2,16,18,19);2-5H,1H3,(H,8,9,10);(H2,1,2,3,4)/t7-,8+,10+,11+,14+;;/m0../s1. The minimum absolute atomic E-state index is 0.0666. The summed E-state index contributed by atoms with van der Waals surface area (Å²) in [5.41, 5.74) is 7.45. The SMILES string of the molecule is CSCC[C@H](NC[C@H]1O[C@@H](n2cnc3c(N)ncnc32)[C@H](O)[C@@H]1O)C(=O)O.Cc1ccc(S(=O)(=O)O)cc1.O=S(=O)(O)O. The summed E-state index contributed by atoms with van der Waals surface area (Å²) < 4.78 is 68.4. The Hall–Kier alpha value is -2.99. The fourth-order valence-electron chi connectivity index (χ4n) is 3.70. The molecule has 3 aromatic rings. The summed E-state index contributed by atoms with van der Waals surface area (Å²) >= 11 is 1.55. The molecule has 1 fully saturated rings. The lowest BCUT2D eigenvalue weighted by Gasteiger charge is -2.19. The third kappa shape index (κ3) is 11.2. The van der Waals surface area contributed by atoms with E-state index in [1.807, 2.05) is 13.2 Å². The Morgan fingerprint density at radius 1 is 1.09 bits per heavy atom. The summed E-state index contributed by atoms with van der Waals surface area (Å²) in [7, 11) is -8.69. The van der Waals surface area contributed by atoms with Crippen LogP contribution in [0.2, 0.25) is 0 Å². The third-order valence-electron chi connectivity index (χ3n) is 5.79. The number of aryl methyl sites for hydroxylation is 1. The molecule has 1 saturated heterocycles. The number of carbonyl (C=O) groups is 1. The molecule has 3 heterocycles. The summed E-state index contributed by atoms with van der Waals surface area (Å²) in [6, 6.07) is 5.23. The molecule has 18 nitrogen and oxygen atoms in total. The van der Waals surface area contributed by atoms with E-state index in [1.165, 1.54) is 29.4 Å². The van der Waals surface area contributed by atoms with Crippen LogP contribution in [0.4, 0.5) is 5.82 Å². The number of hydrogen-bond donors (Lipinski definition) is 8. The highest BCUT2D eigenvalue weighted by Crippen LogP contribution is 2.31. The maximum atomic E-state index is 11.3. The number of aliphatic hydroxyl groups excluding tert-OH is 2.